The van der Waals surface area contributed by atoms with Gasteiger partial charge < -0.3 is 15.5 Å². The second-order valence-corrected chi connectivity index (χ2v) is 8.86. The first-order valence-corrected chi connectivity index (χ1v) is 11.3. The van der Waals surface area contributed by atoms with Crippen LogP contribution in [0.25, 0.3) is 0 Å². The van der Waals surface area contributed by atoms with Crippen LogP contribution in [0.1, 0.15) is 26.2 Å². The summed E-state index contributed by atoms with van der Waals surface area (Å²) >= 11 is 1.21. The van der Waals surface area contributed by atoms with Gasteiger partial charge >= 0.3 is 0 Å². The maximum absolute atomic E-state index is 12.0. The first kappa shape index (κ1) is 23.6. The molecule has 7 nitrogen and oxygen atoms in total. The second-order valence-electron chi connectivity index (χ2n) is 5.92. The van der Waals surface area contributed by atoms with Gasteiger partial charge in [-0.15, -0.1) is 35.3 Å². The summed E-state index contributed by atoms with van der Waals surface area (Å²) in [5, 5.41) is 8.26. The third-order valence-corrected chi connectivity index (χ3v) is 6.81. The van der Waals surface area contributed by atoms with Crippen molar-refractivity contribution in [2.75, 3.05) is 45.8 Å². The molecule has 1 aliphatic heterocycles. The van der Waals surface area contributed by atoms with Crippen molar-refractivity contribution in [3.05, 3.63) is 17.5 Å². The Labute approximate surface area is 178 Å². The molecule has 150 valence electrons. The number of nitrogens with zero attached hydrogens (tertiary/aromatic N) is 2. The topological polar surface area (TPSA) is 85.8 Å². The molecule has 10 heteroatoms. The summed E-state index contributed by atoms with van der Waals surface area (Å²) in [5.74, 6) is 0.731. The molecule has 1 aliphatic rings. The molecule has 26 heavy (non-hydrogen) atoms. The molecule has 3 N–H and O–H groups in total. The highest BCUT2D eigenvalue weighted by Crippen LogP contribution is 2.14. The summed E-state index contributed by atoms with van der Waals surface area (Å²) in [6, 6.07) is 3.33. The van der Waals surface area contributed by atoms with Crippen LogP contribution in [-0.2, 0) is 10.0 Å². The number of rotatable bonds is 9. The zero-order valence-electron chi connectivity index (χ0n) is 15.2. The van der Waals surface area contributed by atoms with Gasteiger partial charge in [0, 0.05) is 26.2 Å². The quantitative estimate of drug-likeness (QED) is 0.202. The number of hydrogen-bond donors (Lipinski definition) is 3. The fourth-order valence-electron chi connectivity index (χ4n) is 2.69. The summed E-state index contributed by atoms with van der Waals surface area (Å²) in [5.41, 5.74) is 0. The van der Waals surface area contributed by atoms with Crippen molar-refractivity contribution in [3.63, 3.8) is 0 Å². The van der Waals surface area contributed by atoms with Gasteiger partial charge in [0.15, 0.2) is 5.96 Å². The van der Waals surface area contributed by atoms with Crippen molar-refractivity contribution in [2.24, 2.45) is 4.99 Å². The van der Waals surface area contributed by atoms with Gasteiger partial charge in [-0.1, -0.05) is 12.5 Å². The van der Waals surface area contributed by atoms with Crippen molar-refractivity contribution in [1.29, 1.82) is 0 Å². The first-order valence-electron chi connectivity index (χ1n) is 8.89. The number of aliphatic imine (C=N–C) groups is 1. The molecule has 0 spiro atoms. The summed E-state index contributed by atoms with van der Waals surface area (Å²) < 4.78 is 27.0. The molecule has 0 saturated carbocycles. The molecule has 0 aliphatic carbocycles. The zero-order valence-corrected chi connectivity index (χ0v) is 19.2. The van der Waals surface area contributed by atoms with Gasteiger partial charge in [-0.2, -0.15) is 0 Å². The van der Waals surface area contributed by atoms with Crippen molar-refractivity contribution >= 4 is 51.3 Å². The fourth-order valence-corrected chi connectivity index (χ4v) is 4.75. The average molecular weight is 515 g/mol. The summed E-state index contributed by atoms with van der Waals surface area (Å²) in [7, 11) is -3.41. The number of halogens is 1. The van der Waals surface area contributed by atoms with E-state index in [4.69, 9.17) is 0 Å². The van der Waals surface area contributed by atoms with Crippen LogP contribution in [0.3, 0.4) is 0 Å². The van der Waals surface area contributed by atoms with E-state index in [2.05, 4.69) is 25.2 Å². The van der Waals surface area contributed by atoms with Crippen LogP contribution in [0.2, 0.25) is 0 Å². The van der Waals surface area contributed by atoms with E-state index < -0.39 is 10.0 Å². The van der Waals surface area contributed by atoms with Gasteiger partial charge in [-0.25, -0.2) is 13.1 Å². The Kier molecular flexibility index (Phi) is 11.7. The lowest BCUT2D eigenvalue weighted by Gasteiger charge is -2.26. The summed E-state index contributed by atoms with van der Waals surface area (Å²) in [6.07, 6.45) is 3.92. The summed E-state index contributed by atoms with van der Waals surface area (Å²) in [6.45, 7) is 7.67. The maximum atomic E-state index is 12.0. The van der Waals surface area contributed by atoms with E-state index >= 15 is 0 Å². The highest BCUT2D eigenvalue weighted by Gasteiger charge is 2.13. The molecule has 1 fully saturated rings. The normalized spacial score (nSPS) is 16.1. The Morgan fingerprint density at radius 3 is 2.65 bits per heavy atom. The molecule has 1 saturated heterocycles. The third-order valence-electron chi connectivity index (χ3n) is 3.95. The standard InChI is InChI=1S/C16H29N5O2S2.HI/c1-2-17-16(19-10-13-21-11-4-3-5-12-21)18-8-9-20-25(22,23)15-7-6-14-24-15;/h6-7,14,20H,2-5,8-13H2,1H3,(H2,17,18,19);1H. The number of likely N-dealkylation sites (tertiary alicyclic amines) is 1. The molecule has 0 unspecified atom stereocenters. The highest BCUT2D eigenvalue weighted by molar-refractivity contribution is 14.0. The molecule has 0 radical (unpaired) electrons. The van der Waals surface area contributed by atoms with Crippen LogP contribution in [0, 0.1) is 0 Å². The Morgan fingerprint density at radius 2 is 2.00 bits per heavy atom. The van der Waals surface area contributed by atoms with Crippen molar-refractivity contribution in [1.82, 2.24) is 20.3 Å². The van der Waals surface area contributed by atoms with E-state index in [9.17, 15) is 8.42 Å². The maximum Gasteiger partial charge on any atom is 0.250 e. The van der Waals surface area contributed by atoms with E-state index in [0.717, 1.165) is 25.6 Å². The van der Waals surface area contributed by atoms with Crippen molar-refractivity contribution in [3.8, 4) is 0 Å². The Morgan fingerprint density at radius 1 is 1.23 bits per heavy atom. The van der Waals surface area contributed by atoms with E-state index in [1.807, 2.05) is 6.92 Å². The molecule has 0 aromatic carbocycles. The number of sulfonamides is 1. The summed E-state index contributed by atoms with van der Waals surface area (Å²) in [4.78, 5) is 6.90. The molecular formula is C16H30IN5O2S2. The lowest BCUT2D eigenvalue weighted by atomic mass is 10.1. The molecule has 0 bridgehead atoms. The molecular weight excluding hydrogens is 485 g/mol. The molecule has 0 amide bonds. The minimum atomic E-state index is -3.41. The van der Waals surface area contributed by atoms with Gasteiger partial charge in [0.2, 0.25) is 10.0 Å². The monoisotopic (exact) mass is 515 g/mol. The van der Waals surface area contributed by atoms with Gasteiger partial charge in [0.1, 0.15) is 4.21 Å². The van der Waals surface area contributed by atoms with Crippen LogP contribution in [-0.4, -0.2) is 65.1 Å². The van der Waals surface area contributed by atoms with Crippen LogP contribution in [0.15, 0.2) is 26.7 Å². The molecule has 2 rings (SSSR count). The average Bonchev–Trinajstić information content (AvgIpc) is 3.15. The third kappa shape index (κ3) is 8.51. The predicted molar refractivity (Wildman–Crippen MR) is 119 cm³/mol. The fraction of sp³-hybridized carbons (Fsp3) is 0.688. The van der Waals surface area contributed by atoms with Gasteiger partial charge in [-0.3, -0.25) is 4.99 Å². The molecule has 1 aromatic heterocycles. The minimum absolute atomic E-state index is 0. The second kappa shape index (κ2) is 12.9. The molecule has 2 heterocycles. The van der Waals surface area contributed by atoms with Crippen LogP contribution < -0.4 is 15.4 Å². The van der Waals surface area contributed by atoms with Gasteiger partial charge in [0.05, 0.1) is 6.54 Å². The smallest absolute Gasteiger partial charge is 0.250 e. The van der Waals surface area contributed by atoms with E-state index in [-0.39, 0.29) is 30.5 Å². The van der Waals surface area contributed by atoms with Crippen molar-refractivity contribution in [2.45, 2.75) is 30.4 Å². The van der Waals surface area contributed by atoms with Crippen LogP contribution in [0.5, 0.6) is 0 Å². The van der Waals surface area contributed by atoms with E-state index in [1.165, 1.54) is 43.7 Å². The lowest BCUT2D eigenvalue weighted by molar-refractivity contribution is 0.232. The number of piperidine rings is 1. The number of hydrogen-bond acceptors (Lipinski definition) is 5. The highest BCUT2D eigenvalue weighted by atomic mass is 127. The Bertz CT molecular complexity index is 617. The number of thiophene rings is 1. The van der Waals surface area contributed by atoms with E-state index in [1.54, 1.807) is 17.5 Å². The van der Waals surface area contributed by atoms with Crippen molar-refractivity contribution < 1.29 is 8.42 Å². The van der Waals surface area contributed by atoms with E-state index in [0.29, 0.717) is 10.8 Å². The zero-order chi connectivity index (χ0) is 18.0. The first-order chi connectivity index (χ1) is 12.1. The van der Waals surface area contributed by atoms with Gasteiger partial charge in [-0.05, 0) is 44.3 Å². The van der Waals surface area contributed by atoms with Gasteiger partial charge in [0.25, 0.3) is 0 Å². The predicted octanol–water partition coefficient (Wildman–Crippen LogP) is 1.69. The molecule has 0 atom stereocenters. The number of guanidine groups is 1. The lowest BCUT2D eigenvalue weighted by Crippen LogP contribution is -2.43. The van der Waals surface area contributed by atoms with Crippen LogP contribution >= 0.6 is 35.3 Å². The Hall–Kier alpha value is -0.430. The Balaban J connectivity index is 0.00000338. The largest absolute Gasteiger partial charge is 0.357 e. The molecule has 1 aromatic rings. The number of nitrogens with one attached hydrogen (secondary N) is 3. The minimum Gasteiger partial charge on any atom is -0.357 e. The van der Waals surface area contributed by atoms with Crippen LogP contribution in [0.4, 0.5) is 0 Å². The SMILES string of the molecule is CCNC(=NCCNS(=O)(=O)c1cccs1)NCCN1CCCCC1.I.